The van der Waals surface area contributed by atoms with Crippen molar-refractivity contribution in [3.63, 3.8) is 0 Å². The molecule has 132 valence electrons. The number of carbonyl (C=O) groups excluding carboxylic acids is 1. The Morgan fingerprint density at radius 3 is 2.38 bits per heavy atom. The van der Waals surface area contributed by atoms with Crippen LogP contribution in [0.1, 0.15) is 49.0 Å². The van der Waals surface area contributed by atoms with E-state index < -0.39 is 0 Å². The van der Waals surface area contributed by atoms with Crippen LogP contribution in [-0.4, -0.2) is 58.0 Å². The quantitative estimate of drug-likeness (QED) is 0.854. The highest BCUT2D eigenvalue weighted by molar-refractivity contribution is 5.92. The summed E-state index contributed by atoms with van der Waals surface area (Å²) in [4.78, 5) is 21.6. The minimum atomic E-state index is 0.117. The normalized spacial score (nSPS) is 29.0. The van der Waals surface area contributed by atoms with Gasteiger partial charge in [0.2, 0.25) is 0 Å². The van der Waals surface area contributed by atoms with Crippen molar-refractivity contribution >= 4 is 5.91 Å². The van der Waals surface area contributed by atoms with E-state index in [1.165, 1.54) is 58.2 Å². The predicted molar refractivity (Wildman–Crippen MR) is 93.7 cm³/mol. The number of hydrogen-bond acceptors (Lipinski definition) is 3. The number of amides is 1. The molecule has 3 heterocycles. The van der Waals surface area contributed by atoms with Crippen molar-refractivity contribution in [2.75, 3.05) is 32.7 Å². The second kappa shape index (κ2) is 6.87. The first kappa shape index (κ1) is 16.1. The van der Waals surface area contributed by atoms with Crippen LogP contribution in [-0.2, 0) is 7.05 Å². The molecule has 1 aliphatic carbocycles. The first-order chi connectivity index (χ1) is 11.7. The van der Waals surface area contributed by atoms with Gasteiger partial charge in [-0.1, -0.05) is 12.8 Å². The highest BCUT2D eigenvalue weighted by Gasteiger charge is 2.37. The van der Waals surface area contributed by atoms with E-state index in [0.29, 0.717) is 17.5 Å². The SMILES string of the molecule is Cn1cnc(C(=O)N2C[C@H]3CCN(CC4CCCC4)CC[C@H]3C2)c1. The van der Waals surface area contributed by atoms with Gasteiger partial charge in [-0.3, -0.25) is 4.79 Å². The van der Waals surface area contributed by atoms with E-state index in [2.05, 4.69) is 9.88 Å². The van der Waals surface area contributed by atoms with Gasteiger partial charge in [0.05, 0.1) is 6.33 Å². The molecular formula is C19H30N4O. The average Bonchev–Trinajstić information content (AvgIpc) is 3.29. The Bertz CT molecular complexity index is 562. The Morgan fingerprint density at radius 2 is 1.79 bits per heavy atom. The van der Waals surface area contributed by atoms with Crippen LogP contribution in [0.5, 0.6) is 0 Å². The van der Waals surface area contributed by atoms with Crippen molar-refractivity contribution in [2.24, 2.45) is 24.8 Å². The maximum absolute atomic E-state index is 12.6. The van der Waals surface area contributed by atoms with Crippen molar-refractivity contribution in [2.45, 2.75) is 38.5 Å². The van der Waals surface area contributed by atoms with Crippen LogP contribution in [0.15, 0.2) is 12.5 Å². The molecular weight excluding hydrogens is 300 g/mol. The number of hydrogen-bond donors (Lipinski definition) is 0. The lowest BCUT2D eigenvalue weighted by molar-refractivity contribution is 0.0774. The van der Waals surface area contributed by atoms with Gasteiger partial charge in [-0.25, -0.2) is 4.98 Å². The first-order valence-corrected chi connectivity index (χ1v) is 9.68. The maximum atomic E-state index is 12.6. The van der Waals surface area contributed by atoms with Crippen LogP contribution in [0, 0.1) is 17.8 Å². The number of aryl methyl sites for hydroxylation is 1. The largest absolute Gasteiger partial charge is 0.340 e. The van der Waals surface area contributed by atoms with E-state index in [9.17, 15) is 4.79 Å². The zero-order chi connectivity index (χ0) is 16.5. The standard InChI is InChI=1S/C19H30N4O/c1-21-13-18(20-14-21)19(24)23-11-16-6-8-22(9-7-17(16)12-23)10-15-4-2-3-5-15/h13-17H,2-12H2,1H3/t16-,17+. The monoisotopic (exact) mass is 330 g/mol. The average molecular weight is 330 g/mol. The molecule has 0 N–H and O–H groups in total. The number of imidazole rings is 1. The smallest absolute Gasteiger partial charge is 0.274 e. The molecule has 0 unspecified atom stereocenters. The van der Waals surface area contributed by atoms with Crippen LogP contribution in [0.2, 0.25) is 0 Å². The molecule has 2 atom stereocenters. The van der Waals surface area contributed by atoms with Crippen molar-refractivity contribution < 1.29 is 4.79 Å². The fraction of sp³-hybridized carbons (Fsp3) is 0.789. The predicted octanol–water partition coefficient (Wildman–Crippen LogP) is 2.39. The molecule has 1 aromatic heterocycles. The van der Waals surface area contributed by atoms with Crippen LogP contribution < -0.4 is 0 Å². The third-order valence-electron chi connectivity index (χ3n) is 6.41. The summed E-state index contributed by atoms with van der Waals surface area (Å²) in [5.41, 5.74) is 0.594. The van der Waals surface area contributed by atoms with Gasteiger partial charge in [0.25, 0.3) is 5.91 Å². The molecule has 2 aliphatic heterocycles. The third-order valence-corrected chi connectivity index (χ3v) is 6.41. The van der Waals surface area contributed by atoms with E-state index in [0.717, 1.165) is 19.0 Å². The molecule has 0 spiro atoms. The Labute approximate surface area is 145 Å². The fourth-order valence-corrected chi connectivity index (χ4v) is 4.99. The molecule has 1 aromatic rings. The molecule has 3 fully saturated rings. The van der Waals surface area contributed by atoms with E-state index in [-0.39, 0.29) is 5.91 Å². The Kier molecular flexibility index (Phi) is 4.61. The van der Waals surface area contributed by atoms with Crippen molar-refractivity contribution in [3.05, 3.63) is 18.2 Å². The summed E-state index contributed by atoms with van der Waals surface area (Å²) in [6.45, 7) is 5.62. The van der Waals surface area contributed by atoms with E-state index in [1.54, 1.807) is 6.33 Å². The van der Waals surface area contributed by atoms with Gasteiger partial charge in [-0.15, -0.1) is 0 Å². The lowest BCUT2D eigenvalue weighted by Gasteiger charge is -2.24. The minimum Gasteiger partial charge on any atom is -0.340 e. The molecule has 0 radical (unpaired) electrons. The number of carbonyl (C=O) groups is 1. The summed E-state index contributed by atoms with van der Waals surface area (Å²) >= 11 is 0. The summed E-state index contributed by atoms with van der Waals surface area (Å²) in [5.74, 6) is 2.44. The van der Waals surface area contributed by atoms with Gasteiger partial charge in [0.1, 0.15) is 5.69 Å². The zero-order valence-electron chi connectivity index (χ0n) is 14.9. The van der Waals surface area contributed by atoms with Crippen molar-refractivity contribution in [3.8, 4) is 0 Å². The Balaban J connectivity index is 1.32. The fourth-order valence-electron chi connectivity index (χ4n) is 4.99. The van der Waals surface area contributed by atoms with E-state index in [4.69, 9.17) is 0 Å². The first-order valence-electron chi connectivity index (χ1n) is 9.68. The van der Waals surface area contributed by atoms with Crippen molar-refractivity contribution in [1.29, 1.82) is 0 Å². The number of likely N-dealkylation sites (tertiary alicyclic amines) is 2. The molecule has 1 amide bonds. The van der Waals surface area contributed by atoms with Crippen LogP contribution in [0.25, 0.3) is 0 Å². The van der Waals surface area contributed by atoms with Gasteiger partial charge >= 0.3 is 0 Å². The summed E-state index contributed by atoms with van der Waals surface area (Å²) in [6.07, 6.45) is 11.8. The summed E-state index contributed by atoms with van der Waals surface area (Å²) in [7, 11) is 1.91. The van der Waals surface area contributed by atoms with E-state index >= 15 is 0 Å². The Hall–Kier alpha value is -1.36. The summed E-state index contributed by atoms with van der Waals surface area (Å²) in [6, 6.07) is 0. The molecule has 5 nitrogen and oxygen atoms in total. The zero-order valence-corrected chi connectivity index (χ0v) is 14.9. The number of fused-ring (bicyclic) bond motifs is 1. The van der Waals surface area contributed by atoms with Gasteiger partial charge < -0.3 is 14.4 Å². The summed E-state index contributed by atoms with van der Waals surface area (Å²) in [5, 5.41) is 0. The molecule has 24 heavy (non-hydrogen) atoms. The second-order valence-electron chi connectivity index (χ2n) is 8.18. The summed E-state index contributed by atoms with van der Waals surface area (Å²) < 4.78 is 1.85. The minimum absolute atomic E-state index is 0.117. The maximum Gasteiger partial charge on any atom is 0.274 e. The van der Waals surface area contributed by atoms with Crippen LogP contribution >= 0.6 is 0 Å². The highest BCUT2D eigenvalue weighted by Crippen LogP contribution is 2.33. The third kappa shape index (κ3) is 3.37. The van der Waals surface area contributed by atoms with Gasteiger partial charge in [-0.2, -0.15) is 0 Å². The molecule has 5 heteroatoms. The molecule has 2 saturated heterocycles. The topological polar surface area (TPSA) is 41.4 Å². The lowest BCUT2D eigenvalue weighted by atomic mass is 9.92. The number of aromatic nitrogens is 2. The van der Waals surface area contributed by atoms with Gasteiger partial charge in [0.15, 0.2) is 0 Å². The lowest BCUT2D eigenvalue weighted by Crippen LogP contribution is -2.33. The molecule has 4 rings (SSSR count). The molecule has 0 aromatic carbocycles. The number of nitrogens with zero attached hydrogens (tertiary/aromatic N) is 4. The molecule has 0 bridgehead atoms. The van der Waals surface area contributed by atoms with Crippen molar-refractivity contribution in [1.82, 2.24) is 19.4 Å². The van der Waals surface area contributed by atoms with Crippen LogP contribution in [0.4, 0.5) is 0 Å². The highest BCUT2D eigenvalue weighted by atomic mass is 16.2. The number of rotatable bonds is 3. The van der Waals surface area contributed by atoms with Crippen LogP contribution in [0.3, 0.4) is 0 Å². The molecule has 1 saturated carbocycles. The van der Waals surface area contributed by atoms with Gasteiger partial charge in [-0.05, 0) is 56.5 Å². The Morgan fingerprint density at radius 1 is 1.12 bits per heavy atom. The molecule has 3 aliphatic rings. The van der Waals surface area contributed by atoms with Gasteiger partial charge in [0, 0.05) is 32.9 Å². The second-order valence-corrected chi connectivity index (χ2v) is 8.18. The van der Waals surface area contributed by atoms with E-state index in [1.807, 2.05) is 22.7 Å².